The van der Waals surface area contributed by atoms with Crippen molar-refractivity contribution in [3.8, 4) is 11.5 Å². The van der Waals surface area contributed by atoms with E-state index in [4.69, 9.17) is 21.1 Å². The number of rotatable bonds is 8. The fourth-order valence-electron chi connectivity index (χ4n) is 2.48. The topological polar surface area (TPSA) is 47.6 Å². The number of para-hydroxylation sites is 1. The predicted molar refractivity (Wildman–Crippen MR) is 106 cm³/mol. The maximum atomic E-state index is 12.3. The van der Waals surface area contributed by atoms with Crippen LogP contribution in [0.4, 0.5) is 0 Å². The van der Waals surface area contributed by atoms with E-state index in [0.29, 0.717) is 41.8 Å². The monoisotopic (exact) mass is 381 g/mol. The van der Waals surface area contributed by atoms with Crippen LogP contribution in [0.3, 0.4) is 0 Å². The van der Waals surface area contributed by atoms with Crippen molar-refractivity contribution in [1.82, 2.24) is 5.32 Å². The Hall–Kier alpha value is -2.98. The highest BCUT2D eigenvalue weighted by molar-refractivity contribution is 6.32. The van der Waals surface area contributed by atoms with E-state index in [1.807, 2.05) is 48.5 Å². The molecule has 138 valence electrons. The van der Waals surface area contributed by atoms with Gasteiger partial charge >= 0.3 is 0 Å². The summed E-state index contributed by atoms with van der Waals surface area (Å²) in [6.45, 7) is 1.19. The molecule has 0 bridgehead atoms. The number of carbonyl (C=O) groups excluding carboxylic acids is 1. The molecule has 5 heteroatoms. The molecule has 0 heterocycles. The standard InChI is InChI=1S/C22H20ClNO3/c23-20-11-4-5-12-21(20)27-14-13-26-19-10-6-9-18(15-19)22(25)24-16-17-7-2-1-3-8-17/h1-12,15H,13-14,16H2,(H,24,25). The molecule has 0 aliphatic heterocycles. The van der Waals surface area contributed by atoms with E-state index in [0.717, 1.165) is 5.56 Å². The maximum absolute atomic E-state index is 12.3. The smallest absolute Gasteiger partial charge is 0.251 e. The van der Waals surface area contributed by atoms with Crippen molar-refractivity contribution in [2.75, 3.05) is 13.2 Å². The van der Waals surface area contributed by atoms with Crippen LogP contribution in [0.25, 0.3) is 0 Å². The van der Waals surface area contributed by atoms with E-state index >= 15 is 0 Å². The quantitative estimate of drug-likeness (QED) is 0.574. The van der Waals surface area contributed by atoms with Gasteiger partial charge in [0.1, 0.15) is 24.7 Å². The van der Waals surface area contributed by atoms with Gasteiger partial charge in [-0.05, 0) is 35.9 Å². The minimum Gasteiger partial charge on any atom is -0.490 e. The number of carbonyl (C=O) groups is 1. The van der Waals surface area contributed by atoms with Crippen LogP contribution in [-0.2, 0) is 6.54 Å². The van der Waals surface area contributed by atoms with Gasteiger partial charge in [0.15, 0.2) is 0 Å². The Bertz CT molecular complexity index is 883. The molecule has 3 aromatic rings. The molecule has 0 aliphatic carbocycles. The summed E-state index contributed by atoms with van der Waals surface area (Å²) < 4.78 is 11.3. The van der Waals surface area contributed by atoms with E-state index in [1.54, 1.807) is 30.3 Å². The summed E-state index contributed by atoms with van der Waals surface area (Å²) in [5.74, 6) is 1.10. The van der Waals surface area contributed by atoms with E-state index in [9.17, 15) is 4.79 Å². The normalized spacial score (nSPS) is 10.3. The van der Waals surface area contributed by atoms with Crippen LogP contribution in [0.2, 0.25) is 5.02 Å². The van der Waals surface area contributed by atoms with Gasteiger partial charge in [0.25, 0.3) is 5.91 Å². The van der Waals surface area contributed by atoms with Gasteiger partial charge in [0, 0.05) is 12.1 Å². The van der Waals surface area contributed by atoms with E-state index in [1.165, 1.54) is 0 Å². The summed E-state index contributed by atoms with van der Waals surface area (Å²) >= 11 is 6.04. The zero-order chi connectivity index (χ0) is 18.9. The first kappa shape index (κ1) is 18.8. The third-order valence-corrected chi connectivity index (χ3v) is 4.15. The molecule has 0 atom stereocenters. The van der Waals surface area contributed by atoms with E-state index in [-0.39, 0.29) is 5.91 Å². The first-order chi connectivity index (χ1) is 13.2. The van der Waals surface area contributed by atoms with Crippen molar-refractivity contribution in [2.24, 2.45) is 0 Å². The van der Waals surface area contributed by atoms with Gasteiger partial charge in [0.2, 0.25) is 0 Å². The molecule has 27 heavy (non-hydrogen) atoms. The van der Waals surface area contributed by atoms with Crippen LogP contribution < -0.4 is 14.8 Å². The number of nitrogens with one attached hydrogen (secondary N) is 1. The van der Waals surface area contributed by atoms with Gasteiger partial charge in [-0.15, -0.1) is 0 Å². The molecule has 3 aromatic carbocycles. The number of hydrogen-bond acceptors (Lipinski definition) is 3. The summed E-state index contributed by atoms with van der Waals surface area (Å²) in [5, 5.41) is 3.47. The minimum atomic E-state index is -0.142. The number of halogens is 1. The zero-order valence-electron chi connectivity index (χ0n) is 14.7. The lowest BCUT2D eigenvalue weighted by Gasteiger charge is -2.10. The lowest BCUT2D eigenvalue weighted by molar-refractivity contribution is 0.0950. The van der Waals surface area contributed by atoms with Crippen LogP contribution in [-0.4, -0.2) is 19.1 Å². The molecule has 0 aliphatic rings. The Morgan fingerprint density at radius 2 is 1.59 bits per heavy atom. The molecule has 0 fully saturated rings. The highest BCUT2D eigenvalue weighted by atomic mass is 35.5. The molecule has 1 amide bonds. The Morgan fingerprint density at radius 1 is 0.852 bits per heavy atom. The molecule has 0 saturated carbocycles. The summed E-state index contributed by atoms with van der Waals surface area (Å²) in [5.41, 5.74) is 1.60. The van der Waals surface area contributed by atoms with Crippen molar-refractivity contribution in [1.29, 1.82) is 0 Å². The van der Waals surface area contributed by atoms with Crippen LogP contribution >= 0.6 is 11.6 Å². The summed E-state index contributed by atoms with van der Waals surface area (Å²) in [4.78, 5) is 12.3. The van der Waals surface area contributed by atoms with Crippen molar-refractivity contribution < 1.29 is 14.3 Å². The lowest BCUT2D eigenvalue weighted by atomic mass is 10.2. The van der Waals surface area contributed by atoms with Crippen LogP contribution in [0, 0.1) is 0 Å². The average Bonchev–Trinajstić information content (AvgIpc) is 2.71. The van der Waals surface area contributed by atoms with Gasteiger partial charge in [-0.25, -0.2) is 0 Å². The highest BCUT2D eigenvalue weighted by Gasteiger charge is 2.07. The Balaban J connectivity index is 1.48. The highest BCUT2D eigenvalue weighted by Crippen LogP contribution is 2.23. The second-order valence-corrected chi connectivity index (χ2v) is 6.23. The number of amides is 1. The molecule has 0 spiro atoms. The van der Waals surface area contributed by atoms with Crippen LogP contribution in [0.1, 0.15) is 15.9 Å². The van der Waals surface area contributed by atoms with Crippen molar-refractivity contribution in [3.63, 3.8) is 0 Å². The zero-order valence-corrected chi connectivity index (χ0v) is 15.5. The van der Waals surface area contributed by atoms with E-state index in [2.05, 4.69) is 5.32 Å². The molecule has 4 nitrogen and oxygen atoms in total. The third kappa shape index (κ3) is 5.76. The van der Waals surface area contributed by atoms with Crippen molar-refractivity contribution >= 4 is 17.5 Å². The Labute approximate surface area is 163 Å². The van der Waals surface area contributed by atoms with Crippen LogP contribution in [0.5, 0.6) is 11.5 Å². The first-order valence-electron chi connectivity index (χ1n) is 8.65. The SMILES string of the molecule is O=C(NCc1ccccc1)c1cccc(OCCOc2ccccc2Cl)c1. The molecule has 3 rings (SSSR count). The molecule has 0 saturated heterocycles. The molecular formula is C22H20ClNO3. The first-order valence-corrected chi connectivity index (χ1v) is 9.02. The summed E-state index contributed by atoms with van der Waals surface area (Å²) in [6.07, 6.45) is 0. The lowest BCUT2D eigenvalue weighted by Crippen LogP contribution is -2.22. The van der Waals surface area contributed by atoms with Gasteiger partial charge in [-0.2, -0.15) is 0 Å². The Morgan fingerprint density at radius 3 is 2.41 bits per heavy atom. The minimum absolute atomic E-state index is 0.142. The summed E-state index contributed by atoms with van der Waals surface area (Å²) in [7, 11) is 0. The van der Waals surface area contributed by atoms with Gasteiger partial charge < -0.3 is 14.8 Å². The molecular weight excluding hydrogens is 362 g/mol. The van der Waals surface area contributed by atoms with E-state index < -0.39 is 0 Å². The summed E-state index contributed by atoms with van der Waals surface area (Å²) in [6, 6.07) is 24.1. The van der Waals surface area contributed by atoms with Gasteiger partial charge in [-0.3, -0.25) is 4.79 Å². The van der Waals surface area contributed by atoms with Crippen molar-refractivity contribution in [3.05, 3.63) is 95.0 Å². The molecule has 0 radical (unpaired) electrons. The number of hydrogen-bond donors (Lipinski definition) is 1. The largest absolute Gasteiger partial charge is 0.490 e. The number of benzene rings is 3. The Kier molecular flexibility index (Phi) is 6.72. The average molecular weight is 382 g/mol. The second-order valence-electron chi connectivity index (χ2n) is 5.82. The number of ether oxygens (including phenoxy) is 2. The fourth-order valence-corrected chi connectivity index (χ4v) is 2.67. The second kappa shape index (κ2) is 9.64. The van der Waals surface area contributed by atoms with Crippen molar-refractivity contribution in [2.45, 2.75) is 6.54 Å². The molecule has 0 unspecified atom stereocenters. The van der Waals surface area contributed by atoms with Gasteiger partial charge in [0.05, 0.1) is 5.02 Å². The van der Waals surface area contributed by atoms with Gasteiger partial charge in [-0.1, -0.05) is 60.1 Å². The fraction of sp³-hybridized carbons (Fsp3) is 0.136. The predicted octanol–water partition coefficient (Wildman–Crippen LogP) is 4.73. The molecule has 1 N–H and O–H groups in total. The third-order valence-electron chi connectivity index (χ3n) is 3.84. The molecule has 0 aromatic heterocycles. The van der Waals surface area contributed by atoms with Crippen LogP contribution in [0.15, 0.2) is 78.9 Å². The maximum Gasteiger partial charge on any atom is 0.251 e.